The van der Waals surface area contributed by atoms with E-state index in [2.05, 4.69) is 20.3 Å². The van der Waals surface area contributed by atoms with Crippen molar-refractivity contribution in [2.45, 2.75) is 31.5 Å². The number of aromatic nitrogens is 4. The molecule has 0 radical (unpaired) electrons. The van der Waals surface area contributed by atoms with E-state index in [9.17, 15) is 20.1 Å². The van der Waals surface area contributed by atoms with E-state index in [1.54, 1.807) is 18.2 Å². The molecule has 0 amide bonds. The molecule has 4 rings (SSSR count). The first-order chi connectivity index (χ1) is 14.8. The number of ether oxygens (including phenoxy) is 2. The van der Waals surface area contributed by atoms with Crippen molar-refractivity contribution in [3.63, 3.8) is 0 Å². The topological polar surface area (TPSA) is 178 Å². The largest absolute Gasteiger partial charge is 0.496 e. The molecule has 0 aliphatic carbocycles. The molecule has 0 unspecified atom stereocenters. The summed E-state index contributed by atoms with van der Waals surface area (Å²) < 4.78 is 12.2. The number of nitrogens with two attached hydrogens (primary N) is 1. The molecule has 0 saturated carbocycles. The third kappa shape index (κ3) is 3.65. The van der Waals surface area contributed by atoms with Crippen molar-refractivity contribution in [2.75, 3.05) is 24.8 Å². The van der Waals surface area contributed by atoms with E-state index < -0.39 is 31.1 Å². The third-order valence-electron chi connectivity index (χ3n) is 5.08. The Morgan fingerprint density at radius 3 is 2.74 bits per heavy atom. The van der Waals surface area contributed by atoms with Crippen LogP contribution < -0.4 is 15.8 Å². The van der Waals surface area contributed by atoms with Crippen molar-refractivity contribution in [3.05, 3.63) is 30.1 Å². The summed E-state index contributed by atoms with van der Waals surface area (Å²) in [5, 5.41) is 32.7. The van der Waals surface area contributed by atoms with Gasteiger partial charge in [-0.05, 0) is 19.1 Å². The lowest BCUT2D eigenvalue weighted by Crippen LogP contribution is -2.33. The van der Waals surface area contributed by atoms with Crippen LogP contribution in [0.5, 0.6) is 5.75 Å². The minimum absolute atomic E-state index is 0.0883. The highest BCUT2D eigenvalue weighted by molar-refractivity contribution is 5.97. The molecule has 1 fully saturated rings. The highest BCUT2D eigenvalue weighted by Crippen LogP contribution is 2.33. The first-order valence-corrected chi connectivity index (χ1v) is 9.42. The van der Waals surface area contributed by atoms with Crippen molar-refractivity contribution in [2.24, 2.45) is 0 Å². The van der Waals surface area contributed by atoms with Gasteiger partial charge < -0.3 is 35.8 Å². The van der Waals surface area contributed by atoms with Gasteiger partial charge in [-0.25, -0.2) is 4.98 Å². The van der Waals surface area contributed by atoms with Crippen LogP contribution in [0.2, 0.25) is 0 Å². The number of Topliss-reactive ketones (excluding diaryl/α,β-unsaturated/α-hetero) is 1. The minimum atomic E-state index is -1.30. The molecule has 1 saturated heterocycles. The van der Waals surface area contributed by atoms with Crippen LogP contribution in [0.4, 0.5) is 17.5 Å². The number of aliphatic hydroxyl groups is 3. The summed E-state index contributed by atoms with van der Waals surface area (Å²) in [6, 6.07) is 4.92. The number of ketones is 1. The summed E-state index contributed by atoms with van der Waals surface area (Å²) in [5.41, 5.74) is 7.57. The second-order valence-corrected chi connectivity index (χ2v) is 7.08. The van der Waals surface area contributed by atoms with E-state index in [1.807, 2.05) is 0 Å². The standard InChI is InChI=1S/C19H22N6O6/c1-8(27)10-4-3-9(5-11(10)30-2)22-19-23-16(20)13-17(24-19)25(7-21-13)18-15(29)14(28)12(6-26)31-18/h3-5,7,12,14-15,18,26,28-29H,6H2,1-2H3,(H3,20,22,23,24)/t12-,14-,15-,18-/m1/s1. The fourth-order valence-electron chi connectivity index (χ4n) is 3.48. The Morgan fingerprint density at radius 1 is 1.32 bits per heavy atom. The van der Waals surface area contributed by atoms with Crippen LogP contribution in [-0.4, -0.2) is 72.7 Å². The summed E-state index contributed by atoms with van der Waals surface area (Å²) >= 11 is 0. The smallest absolute Gasteiger partial charge is 0.231 e. The number of anilines is 3. The number of aliphatic hydroxyl groups excluding tert-OH is 3. The molecule has 6 N–H and O–H groups in total. The van der Waals surface area contributed by atoms with Crippen molar-refractivity contribution < 1.29 is 29.6 Å². The number of methoxy groups -OCH3 is 1. The van der Waals surface area contributed by atoms with E-state index in [1.165, 1.54) is 24.9 Å². The van der Waals surface area contributed by atoms with Gasteiger partial charge in [-0.2, -0.15) is 9.97 Å². The number of hydrogen-bond acceptors (Lipinski definition) is 11. The van der Waals surface area contributed by atoms with Crippen molar-refractivity contribution in [3.8, 4) is 5.75 Å². The van der Waals surface area contributed by atoms with Crippen molar-refractivity contribution in [1.82, 2.24) is 19.5 Å². The second-order valence-electron chi connectivity index (χ2n) is 7.08. The molecule has 1 aliphatic rings. The Labute approximate surface area is 176 Å². The predicted octanol–water partition coefficient (Wildman–Crippen LogP) is -0.0252. The van der Waals surface area contributed by atoms with Crippen molar-refractivity contribution >= 4 is 34.4 Å². The molecular weight excluding hydrogens is 408 g/mol. The summed E-state index contributed by atoms with van der Waals surface area (Å²) in [6.07, 6.45) is -3.16. The van der Waals surface area contributed by atoms with Gasteiger partial charge in [0.2, 0.25) is 5.95 Å². The van der Waals surface area contributed by atoms with Gasteiger partial charge >= 0.3 is 0 Å². The monoisotopic (exact) mass is 430 g/mol. The third-order valence-corrected chi connectivity index (χ3v) is 5.08. The lowest BCUT2D eigenvalue weighted by atomic mass is 10.1. The number of nitrogens with one attached hydrogen (secondary N) is 1. The SMILES string of the molecule is COc1cc(Nc2nc(N)c3ncn([C@@H]4O[C@H](CO)[C@@H](O)[C@H]4O)c3n2)ccc1C(C)=O. The zero-order valence-corrected chi connectivity index (χ0v) is 16.8. The number of benzene rings is 1. The van der Waals surface area contributed by atoms with Gasteiger partial charge in [0.1, 0.15) is 29.6 Å². The number of nitrogens with zero attached hydrogens (tertiary/aromatic N) is 4. The zero-order chi connectivity index (χ0) is 22.3. The number of imidazole rings is 1. The number of carbonyl (C=O) groups is 1. The lowest BCUT2D eigenvalue weighted by Gasteiger charge is -2.17. The second kappa shape index (κ2) is 8.07. The molecule has 3 heterocycles. The molecular formula is C19H22N6O6. The molecule has 12 heteroatoms. The molecule has 31 heavy (non-hydrogen) atoms. The molecule has 0 bridgehead atoms. The Morgan fingerprint density at radius 2 is 2.10 bits per heavy atom. The Balaban J connectivity index is 1.69. The Bertz CT molecular complexity index is 1130. The fraction of sp³-hybridized carbons (Fsp3) is 0.368. The van der Waals surface area contributed by atoms with E-state index in [0.29, 0.717) is 17.0 Å². The summed E-state index contributed by atoms with van der Waals surface area (Å²) in [7, 11) is 1.46. The Kier molecular flexibility index (Phi) is 5.45. The number of hydrogen-bond donors (Lipinski definition) is 5. The molecule has 12 nitrogen and oxygen atoms in total. The predicted molar refractivity (Wildman–Crippen MR) is 109 cm³/mol. The fourth-order valence-corrected chi connectivity index (χ4v) is 3.48. The van der Waals surface area contributed by atoms with Crippen LogP contribution in [0.15, 0.2) is 24.5 Å². The normalized spacial score (nSPS) is 23.3. The highest BCUT2D eigenvalue weighted by Gasteiger charge is 2.44. The van der Waals surface area contributed by atoms with E-state index >= 15 is 0 Å². The summed E-state index contributed by atoms with van der Waals surface area (Å²) in [6.45, 7) is 0.991. The van der Waals surface area contributed by atoms with Crippen LogP contribution >= 0.6 is 0 Å². The number of rotatable bonds is 6. The number of carbonyl (C=O) groups excluding carboxylic acids is 1. The summed E-state index contributed by atoms with van der Waals surface area (Å²) in [4.78, 5) is 24.5. The molecule has 3 aromatic rings. The molecule has 4 atom stereocenters. The molecule has 1 aliphatic heterocycles. The number of fused-ring (bicyclic) bond motifs is 1. The molecule has 164 valence electrons. The lowest BCUT2D eigenvalue weighted by molar-refractivity contribution is -0.0511. The average molecular weight is 430 g/mol. The maximum atomic E-state index is 11.7. The Hall–Kier alpha value is -3.32. The molecule has 2 aromatic heterocycles. The van der Waals surface area contributed by atoms with Crippen LogP contribution in [0, 0.1) is 0 Å². The quantitative estimate of drug-likeness (QED) is 0.332. The number of nitrogen functional groups attached to an aromatic ring is 1. The first-order valence-electron chi connectivity index (χ1n) is 9.42. The summed E-state index contributed by atoms with van der Waals surface area (Å²) in [5.74, 6) is 0.484. The van der Waals surface area contributed by atoms with Gasteiger partial charge in [-0.3, -0.25) is 9.36 Å². The minimum Gasteiger partial charge on any atom is -0.496 e. The van der Waals surface area contributed by atoms with Crippen LogP contribution in [0.25, 0.3) is 11.2 Å². The van der Waals surface area contributed by atoms with Gasteiger partial charge in [-0.1, -0.05) is 0 Å². The average Bonchev–Trinajstić information content (AvgIpc) is 3.29. The maximum absolute atomic E-state index is 11.7. The van der Waals surface area contributed by atoms with Crippen LogP contribution in [0.1, 0.15) is 23.5 Å². The van der Waals surface area contributed by atoms with Gasteiger partial charge in [0.15, 0.2) is 23.5 Å². The van der Waals surface area contributed by atoms with Gasteiger partial charge in [0.05, 0.1) is 25.6 Å². The van der Waals surface area contributed by atoms with Crippen LogP contribution in [0.3, 0.4) is 0 Å². The molecule has 0 spiro atoms. The van der Waals surface area contributed by atoms with Crippen molar-refractivity contribution in [1.29, 1.82) is 0 Å². The van der Waals surface area contributed by atoms with Crippen LogP contribution in [-0.2, 0) is 4.74 Å². The highest BCUT2D eigenvalue weighted by atomic mass is 16.6. The van der Waals surface area contributed by atoms with E-state index in [-0.39, 0.29) is 28.7 Å². The van der Waals surface area contributed by atoms with Gasteiger partial charge in [0.25, 0.3) is 0 Å². The van der Waals surface area contributed by atoms with E-state index in [4.69, 9.17) is 15.2 Å². The zero-order valence-electron chi connectivity index (χ0n) is 16.8. The maximum Gasteiger partial charge on any atom is 0.231 e. The first kappa shape index (κ1) is 20.9. The van der Waals surface area contributed by atoms with Gasteiger partial charge in [0, 0.05) is 11.8 Å². The van der Waals surface area contributed by atoms with E-state index in [0.717, 1.165) is 0 Å². The van der Waals surface area contributed by atoms with Gasteiger partial charge in [-0.15, -0.1) is 0 Å². The molecule has 1 aromatic carbocycles.